The zero-order chi connectivity index (χ0) is 20.6. The lowest BCUT2D eigenvalue weighted by atomic mass is 10.0. The first-order valence-corrected chi connectivity index (χ1v) is 9.30. The van der Waals surface area contributed by atoms with E-state index in [0.717, 1.165) is 0 Å². The molecule has 1 aliphatic rings. The van der Waals surface area contributed by atoms with Gasteiger partial charge in [-0.15, -0.1) is 0 Å². The van der Waals surface area contributed by atoms with Gasteiger partial charge in [0, 0.05) is 28.5 Å². The van der Waals surface area contributed by atoms with E-state index in [1.54, 1.807) is 37.8 Å². The lowest BCUT2D eigenvalue weighted by Crippen LogP contribution is -2.41. The number of aromatic nitrogens is 2. The van der Waals surface area contributed by atoms with Crippen molar-refractivity contribution in [3.05, 3.63) is 44.3 Å². The molecule has 0 bridgehead atoms. The van der Waals surface area contributed by atoms with Gasteiger partial charge < -0.3 is 15.0 Å². The fraction of sp³-hybridized carbons (Fsp3) is 0.389. The van der Waals surface area contributed by atoms with Gasteiger partial charge in [0.05, 0.1) is 23.3 Å². The van der Waals surface area contributed by atoms with Gasteiger partial charge in [-0.2, -0.15) is 13.9 Å². The van der Waals surface area contributed by atoms with Crippen molar-refractivity contribution in [2.45, 2.75) is 32.9 Å². The number of carbonyl (C=O) groups excluding carboxylic acids is 1. The third-order valence-electron chi connectivity index (χ3n) is 4.08. The van der Waals surface area contributed by atoms with Crippen LogP contribution in [0.25, 0.3) is 10.8 Å². The Balaban J connectivity index is 1.94. The van der Waals surface area contributed by atoms with E-state index in [1.807, 2.05) is 0 Å². The van der Waals surface area contributed by atoms with E-state index in [0.29, 0.717) is 26.6 Å². The molecule has 2 N–H and O–H groups in total. The Morgan fingerprint density at radius 1 is 1.36 bits per heavy atom. The average molecular weight is 457 g/mol. The molecule has 1 aromatic heterocycles. The van der Waals surface area contributed by atoms with E-state index in [9.17, 15) is 18.4 Å². The van der Waals surface area contributed by atoms with E-state index in [-0.39, 0.29) is 25.2 Å². The topological polar surface area (TPSA) is 87.3 Å². The highest BCUT2D eigenvalue weighted by molar-refractivity contribution is 9.10. The Morgan fingerprint density at radius 3 is 2.64 bits per heavy atom. The van der Waals surface area contributed by atoms with E-state index in [2.05, 4.69) is 31.4 Å². The minimum Gasteiger partial charge on any atom is -0.444 e. The highest BCUT2D eigenvalue weighted by Gasteiger charge is 2.28. The van der Waals surface area contributed by atoms with Crippen LogP contribution in [0.5, 0.6) is 0 Å². The summed E-state index contributed by atoms with van der Waals surface area (Å²) in [5, 5.41) is 9.89. The summed E-state index contributed by atoms with van der Waals surface area (Å²) >= 11 is 3.39. The molecule has 0 unspecified atom stereocenters. The zero-order valence-corrected chi connectivity index (χ0v) is 17.1. The summed E-state index contributed by atoms with van der Waals surface area (Å²) in [6.45, 7) is 5.39. The number of carbonyl (C=O) groups is 1. The quantitative estimate of drug-likeness (QED) is 0.735. The second-order valence-corrected chi connectivity index (χ2v) is 8.34. The van der Waals surface area contributed by atoms with Gasteiger partial charge in [-0.05, 0) is 32.9 Å². The predicted octanol–water partition coefficient (Wildman–Crippen LogP) is 3.68. The molecule has 2 heterocycles. The molecule has 150 valence electrons. The summed E-state index contributed by atoms with van der Waals surface area (Å²) in [6.07, 6.45) is -2.30. The maximum Gasteiger partial charge on any atom is 0.407 e. The number of benzene rings is 1. The molecule has 0 radical (unpaired) electrons. The van der Waals surface area contributed by atoms with Crippen LogP contribution >= 0.6 is 15.9 Å². The number of H-pyrrole nitrogens is 1. The molecule has 0 aliphatic carbocycles. The maximum absolute atomic E-state index is 12.7. The van der Waals surface area contributed by atoms with Crippen molar-refractivity contribution in [2.24, 2.45) is 0 Å². The number of nitrogens with zero attached hydrogens (tertiary/aromatic N) is 2. The Morgan fingerprint density at radius 2 is 2.04 bits per heavy atom. The summed E-state index contributed by atoms with van der Waals surface area (Å²) in [6, 6.07) is 3.41. The smallest absolute Gasteiger partial charge is 0.407 e. The molecule has 3 rings (SSSR count). The van der Waals surface area contributed by atoms with Crippen molar-refractivity contribution >= 4 is 38.5 Å². The van der Waals surface area contributed by atoms with E-state index >= 15 is 0 Å². The van der Waals surface area contributed by atoms with Gasteiger partial charge in [0.1, 0.15) is 5.60 Å². The van der Waals surface area contributed by atoms with Crippen LogP contribution in [0.3, 0.4) is 0 Å². The SMILES string of the molecule is CC(C)(C)OC(=O)NCc1n[nH]c(=O)c2c(N3CC(=C(F)F)C3)cc(Br)cc12. The normalized spacial score (nSPS) is 14.1. The third kappa shape index (κ3) is 4.32. The first kappa shape index (κ1) is 20.2. The van der Waals surface area contributed by atoms with Gasteiger partial charge in [0.25, 0.3) is 11.6 Å². The van der Waals surface area contributed by atoms with Gasteiger partial charge in [-0.3, -0.25) is 4.79 Å². The summed E-state index contributed by atoms with van der Waals surface area (Å²) in [7, 11) is 0. The van der Waals surface area contributed by atoms with Crippen LogP contribution in [0.15, 0.2) is 33.1 Å². The van der Waals surface area contributed by atoms with Gasteiger partial charge in [0.15, 0.2) is 0 Å². The predicted molar refractivity (Wildman–Crippen MR) is 105 cm³/mol. The molecule has 1 fully saturated rings. The highest BCUT2D eigenvalue weighted by atomic mass is 79.9. The first-order chi connectivity index (χ1) is 13.0. The number of alkyl carbamates (subject to hydrolysis) is 1. The van der Waals surface area contributed by atoms with Crippen LogP contribution < -0.4 is 15.8 Å². The number of halogens is 3. The van der Waals surface area contributed by atoms with Crippen LogP contribution in [-0.2, 0) is 11.3 Å². The number of fused-ring (bicyclic) bond motifs is 1. The number of anilines is 1. The number of ether oxygens (including phenoxy) is 1. The second-order valence-electron chi connectivity index (χ2n) is 7.42. The van der Waals surface area contributed by atoms with E-state index in [4.69, 9.17) is 4.74 Å². The Bertz CT molecular complexity index is 1020. The Kier molecular flexibility index (Phi) is 5.42. The van der Waals surface area contributed by atoms with E-state index in [1.165, 1.54) is 0 Å². The monoisotopic (exact) mass is 456 g/mol. The number of hydrogen-bond acceptors (Lipinski definition) is 5. The van der Waals surface area contributed by atoms with E-state index < -0.39 is 23.3 Å². The molecule has 0 saturated carbocycles. The minimum absolute atomic E-state index is 0.0301. The van der Waals surface area contributed by atoms with Crippen LogP contribution in [0.1, 0.15) is 26.5 Å². The number of amides is 1. The van der Waals surface area contributed by atoms with Gasteiger partial charge in [-0.25, -0.2) is 9.89 Å². The summed E-state index contributed by atoms with van der Waals surface area (Å²) in [5.74, 6) is 0. The number of aromatic amines is 1. The van der Waals surface area contributed by atoms with Crippen LogP contribution in [0, 0.1) is 0 Å². The summed E-state index contributed by atoms with van der Waals surface area (Å²) in [4.78, 5) is 26.0. The molecule has 0 spiro atoms. The standard InChI is InChI=1S/C18H19BrF2N4O3/c1-18(2,3)28-17(27)22-6-12-11-4-10(19)5-13(14(11)16(26)24-23-12)25-7-9(8-25)15(20)21/h4-5H,6-8H2,1-3H3,(H,22,27)(H,24,26). The van der Waals surface area contributed by atoms with Crippen LogP contribution in [0.4, 0.5) is 19.3 Å². The molecular formula is C18H19BrF2N4O3. The molecule has 1 saturated heterocycles. The summed E-state index contributed by atoms with van der Waals surface area (Å²) in [5.41, 5.74) is -0.0792. The van der Waals surface area contributed by atoms with Crippen LogP contribution in [0.2, 0.25) is 0 Å². The molecule has 0 atom stereocenters. The maximum atomic E-state index is 12.7. The number of nitrogens with one attached hydrogen (secondary N) is 2. The average Bonchev–Trinajstić information content (AvgIpc) is 2.50. The molecule has 7 nitrogen and oxygen atoms in total. The largest absolute Gasteiger partial charge is 0.444 e. The number of rotatable bonds is 3. The zero-order valence-electron chi connectivity index (χ0n) is 15.5. The Labute approximate surface area is 167 Å². The van der Waals surface area contributed by atoms with Crippen molar-refractivity contribution in [1.82, 2.24) is 15.5 Å². The summed E-state index contributed by atoms with van der Waals surface area (Å²) < 4.78 is 31.3. The first-order valence-electron chi connectivity index (χ1n) is 8.51. The Hall–Kier alpha value is -2.49. The van der Waals surface area contributed by atoms with Gasteiger partial charge in [0.2, 0.25) is 0 Å². The third-order valence-corrected chi connectivity index (χ3v) is 4.54. The van der Waals surface area contributed by atoms with Crippen molar-refractivity contribution in [3.63, 3.8) is 0 Å². The second kappa shape index (κ2) is 7.50. The molecule has 10 heteroatoms. The van der Waals surface area contributed by atoms with Gasteiger partial charge >= 0.3 is 6.09 Å². The molecular weight excluding hydrogens is 438 g/mol. The highest BCUT2D eigenvalue weighted by Crippen LogP contribution is 2.34. The molecule has 1 amide bonds. The fourth-order valence-electron chi connectivity index (χ4n) is 2.85. The molecule has 1 aromatic carbocycles. The molecule has 1 aliphatic heterocycles. The van der Waals surface area contributed by atoms with Crippen molar-refractivity contribution in [2.75, 3.05) is 18.0 Å². The van der Waals surface area contributed by atoms with Crippen molar-refractivity contribution in [1.29, 1.82) is 0 Å². The van der Waals surface area contributed by atoms with Gasteiger partial charge in [-0.1, -0.05) is 15.9 Å². The molecule has 2 aromatic rings. The molecule has 28 heavy (non-hydrogen) atoms. The fourth-order valence-corrected chi connectivity index (χ4v) is 3.30. The minimum atomic E-state index is -1.69. The van der Waals surface area contributed by atoms with Crippen molar-refractivity contribution in [3.8, 4) is 0 Å². The van der Waals surface area contributed by atoms with Crippen molar-refractivity contribution < 1.29 is 18.3 Å². The lowest BCUT2D eigenvalue weighted by molar-refractivity contribution is 0.0523. The lowest BCUT2D eigenvalue weighted by Gasteiger charge is -2.36. The van der Waals surface area contributed by atoms with Crippen LogP contribution in [-0.4, -0.2) is 35.0 Å². The number of hydrogen-bond donors (Lipinski definition) is 2.